The highest BCUT2D eigenvalue weighted by Crippen LogP contribution is 2.23. The fourth-order valence-electron chi connectivity index (χ4n) is 3.77. The lowest BCUT2D eigenvalue weighted by atomic mass is 10.00. The summed E-state index contributed by atoms with van der Waals surface area (Å²) in [5.41, 5.74) is 1.16. The Balaban J connectivity index is 1.57. The Bertz CT molecular complexity index is 693. The van der Waals surface area contributed by atoms with E-state index in [-0.39, 0.29) is 12.1 Å². The lowest BCUT2D eigenvalue weighted by molar-refractivity contribution is 0.237. The van der Waals surface area contributed by atoms with E-state index in [2.05, 4.69) is 47.9 Å². The molecule has 0 aromatic heterocycles. The number of fused-ring (bicyclic) bond motifs is 1. The van der Waals surface area contributed by atoms with Gasteiger partial charge in [-0.05, 0) is 29.7 Å². The van der Waals surface area contributed by atoms with Gasteiger partial charge in [-0.15, -0.1) is 0 Å². The van der Waals surface area contributed by atoms with Gasteiger partial charge in [0.25, 0.3) is 0 Å². The number of hydrogen-bond donors (Lipinski definition) is 2. The van der Waals surface area contributed by atoms with E-state index in [1.807, 2.05) is 19.1 Å². The SMILES string of the molecule is CCCCCCCCCCCCNC(=O)N[C@@H](C)c1cccc2ccccc12. The molecule has 154 valence electrons. The van der Waals surface area contributed by atoms with Crippen LogP contribution in [0.2, 0.25) is 0 Å². The van der Waals surface area contributed by atoms with E-state index in [1.165, 1.54) is 68.6 Å². The van der Waals surface area contributed by atoms with Crippen LogP contribution in [0.5, 0.6) is 0 Å². The number of hydrogen-bond acceptors (Lipinski definition) is 1. The summed E-state index contributed by atoms with van der Waals surface area (Å²) < 4.78 is 0. The number of amides is 2. The predicted octanol–water partition coefficient (Wildman–Crippen LogP) is 7.12. The molecular formula is C25H38N2O. The van der Waals surface area contributed by atoms with Gasteiger partial charge in [-0.1, -0.05) is 107 Å². The maximum atomic E-state index is 12.2. The van der Waals surface area contributed by atoms with Crippen LogP contribution in [-0.4, -0.2) is 12.6 Å². The molecule has 0 bridgehead atoms. The Labute approximate surface area is 171 Å². The molecule has 0 saturated carbocycles. The second kappa shape index (κ2) is 13.2. The van der Waals surface area contributed by atoms with Gasteiger partial charge in [0.15, 0.2) is 0 Å². The van der Waals surface area contributed by atoms with Crippen molar-refractivity contribution in [2.24, 2.45) is 0 Å². The molecule has 2 aromatic rings. The van der Waals surface area contributed by atoms with Crippen LogP contribution >= 0.6 is 0 Å². The third-order valence-electron chi connectivity index (χ3n) is 5.45. The molecular weight excluding hydrogens is 344 g/mol. The second-order valence-electron chi connectivity index (χ2n) is 7.87. The fraction of sp³-hybridized carbons (Fsp3) is 0.560. The van der Waals surface area contributed by atoms with Crippen LogP contribution in [0, 0.1) is 0 Å². The first-order valence-electron chi connectivity index (χ1n) is 11.2. The molecule has 2 aromatic carbocycles. The monoisotopic (exact) mass is 382 g/mol. The van der Waals surface area contributed by atoms with E-state index in [0.29, 0.717) is 0 Å². The zero-order valence-corrected chi connectivity index (χ0v) is 17.8. The lowest BCUT2D eigenvalue weighted by Crippen LogP contribution is -2.37. The minimum absolute atomic E-state index is 0.0150. The summed E-state index contributed by atoms with van der Waals surface area (Å²) in [6, 6.07) is 14.5. The van der Waals surface area contributed by atoms with Crippen LogP contribution in [0.15, 0.2) is 42.5 Å². The smallest absolute Gasteiger partial charge is 0.315 e. The molecule has 3 heteroatoms. The topological polar surface area (TPSA) is 41.1 Å². The summed E-state index contributed by atoms with van der Waals surface area (Å²) in [5, 5.41) is 8.49. The van der Waals surface area contributed by atoms with Crippen molar-refractivity contribution in [2.45, 2.75) is 84.1 Å². The van der Waals surface area contributed by atoms with Crippen LogP contribution in [0.25, 0.3) is 10.8 Å². The largest absolute Gasteiger partial charge is 0.338 e. The van der Waals surface area contributed by atoms with E-state index < -0.39 is 0 Å². The number of benzene rings is 2. The summed E-state index contributed by atoms with van der Waals surface area (Å²) in [6.45, 7) is 5.06. The van der Waals surface area contributed by atoms with Gasteiger partial charge < -0.3 is 10.6 Å². The molecule has 0 aliphatic carbocycles. The Morgan fingerprint density at radius 3 is 2.14 bits per heavy atom. The molecule has 0 aliphatic rings. The zero-order chi connectivity index (χ0) is 20.0. The van der Waals surface area contributed by atoms with Crippen molar-refractivity contribution in [2.75, 3.05) is 6.54 Å². The summed E-state index contributed by atoms with van der Waals surface area (Å²) in [4.78, 5) is 12.2. The highest BCUT2D eigenvalue weighted by molar-refractivity contribution is 5.86. The highest BCUT2D eigenvalue weighted by Gasteiger charge is 2.11. The summed E-state index contributed by atoms with van der Waals surface area (Å²) in [5.74, 6) is 0. The highest BCUT2D eigenvalue weighted by atomic mass is 16.2. The van der Waals surface area contributed by atoms with Crippen molar-refractivity contribution in [1.29, 1.82) is 0 Å². The Kier molecular flexibility index (Phi) is 10.5. The van der Waals surface area contributed by atoms with Crippen LogP contribution in [0.4, 0.5) is 4.79 Å². The van der Waals surface area contributed by atoms with Gasteiger partial charge in [0.1, 0.15) is 0 Å². The van der Waals surface area contributed by atoms with Gasteiger partial charge in [-0.25, -0.2) is 4.79 Å². The van der Waals surface area contributed by atoms with Crippen LogP contribution in [-0.2, 0) is 0 Å². The first-order chi connectivity index (χ1) is 13.7. The molecule has 28 heavy (non-hydrogen) atoms. The normalized spacial score (nSPS) is 12.1. The lowest BCUT2D eigenvalue weighted by Gasteiger charge is -2.17. The molecule has 0 heterocycles. The molecule has 0 unspecified atom stereocenters. The number of carbonyl (C=O) groups excluding carboxylic acids is 1. The van der Waals surface area contributed by atoms with Crippen molar-refractivity contribution in [3.63, 3.8) is 0 Å². The Hall–Kier alpha value is -2.03. The van der Waals surface area contributed by atoms with E-state index >= 15 is 0 Å². The third kappa shape index (κ3) is 7.92. The maximum absolute atomic E-state index is 12.2. The summed E-state index contributed by atoms with van der Waals surface area (Å²) >= 11 is 0. The molecule has 0 spiro atoms. The quantitative estimate of drug-likeness (QED) is 0.356. The number of rotatable bonds is 13. The van der Waals surface area contributed by atoms with Crippen molar-refractivity contribution >= 4 is 16.8 Å². The Morgan fingerprint density at radius 1 is 0.821 bits per heavy atom. The van der Waals surface area contributed by atoms with Gasteiger partial charge in [-0.3, -0.25) is 0 Å². The minimum atomic E-state index is -0.0728. The second-order valence-corrected chi connectivity index (χ2v) is 7.87. The predicted molar refractivity (Wildman–Crippen MR) is 121 cm³/mol. The molecule has 2 N–H and O–H groups in total. The van der Waals surface area contributed by atoms with Crippen molar-refractivity contribution in [3.8, 4) is 0 Å². The average Bonchev–Trinajstić information content (AvgIpc) is 2.71. The average molecular weight is 383 g/mol. The van der Waals surface area contributed by atoms with Gasteiger partial charge in [0.05, 0.1) is 6.04 Å². The van der Waals surface area contributed by atoms with Crippen molar-refractivity contribution < 1.29 is 4.79 Å². The van der Waals surface area contributed by atoms with Crippen LogP contribution in [0.1, 0.15) is 89.7 Å². The molecule has 1 atom stereocenters. The van der Waals surface area contributed by atoms with Gasteiger partial charge in [0, 0.05) is 6.54 Å². The first kappa shape index (κ1) is 22.3. The van der Waals surface area contributed by atoms with Crippen LogP contribution in [0.3, 0.4) is 0 Å². The van der Waals surface area contributed by atoms with Gasteiger partial charge in [-0.2, -0.15) is 0 Å². The third-order valence-corrected chi connectivity index (χ3v) is 5.45. The Morgan fingerprint density at radius 2 is 1.43 bits per heavy atom. The molecule has 0 saturated heterocycles. The van der Waals surface area contributed by atoms with E-state index in [9.17, 15) is 4.79 Å². The molecule has 0 fully saturated rings. The van der Waals surface area contributed by atoms with Gasteiger partial charge in [0.2, 0.25) is 0 Å². The molecule has 0 radical (unpaired) electrons. The van der Waals surface area contributed by atoms with Crippen LogP contribution < -0.4 is 10.6 Å². The van der Waals surface area contributed by atoms with Crippen molar-refractivity contribution in [1.82, 2.24) is 10.6 Å². The zero-order valence-electron chi connectivity index (χ0n) is 17.8. The number of urea groups is 1. The number of carbonyl (C=O) groups is 1. The standard InChI is InChI=1S/C25H38N2O/c1-3-4-5-6-7-8-9-10-11-14-20-26-25(28)27-21(2)23-19-15-17-22-16-12-13-18-24(22)23/h12-13,15-19,21H,3-11,14,20H2,1-2H3,(H2,26,27,28)/t21-/m0/s1. The minimum Gasteiger partial charge on any atom is -0.338 e. The van der Waals surface area contributed by atoms with Gasteiger partial charge >= 0.3 is 6.03 Å². The summed E-state index contributed by atoms with van der Waals surface area (Å²) in [6.07, 6.45) is 13.1. The molecule has 2 amide bonds. The maximum Gasteiger partial charge on any atom is 0.315 e. The fourth-order valence-corrected chi connectivity index (χ4v) is 3.77. The number of unbranched alkanes of at least 4 members (excludes halogenated alkanes) is 9. The summed E-state index contributed by atoms with van der Waals surface area (Å²) in [7, 11) is 0. The molecule has 0 aliphatic heterocycles. The van der Waals surface area contributed by atoms with Crippen molar-refractivity contribution in [3.05, 3.63) is 48.0 Å². The van der Waals surface area contributed by atoms with E-state index in [4.69, 9.17) is 0 Å². The first-order valence-corrected chi connectivity index (χ1v) is 11.2. The molecule has 3 nitrogen and oxygen atoms in total. The number of nitrogens with one attached hydrogen (secondary N) is 2. The van der Waals surface area contributed by atoms with E-state index in [0.717, 1.165) is 18.5 Å². The molecule has 2 rings (SSSR count). The van der Waals surface area contributed by atoms with E-state index in [1.54, 1.807) is 0 Å².